The summed E-state index contributed by atoms with van der Waals surface area (Å²) in [5, 5.41) is 0.711. The molecule has 4 nitrogen and oxygen atoms in total. The Kier molecular flexibility index (Phi) is 4.46. The van der Waals surface area contributed by atoms with E-state index in [1.807, 2.05) is 58.8 Å². The van der Waals surface area contributed by atoms with Gasteiger partial charge in [-0.15, -0.1) is 0 Å². The number of rotatable bonds is 3. The van der Waals surface area contributed by atoms with Crippen LogP contribution in [0.4, 0.5) is 5.82 Å². The first-order valence-electron chi connectivity index (χ1n) is 5.72. The van der Waals surface area contributed by atoms with Gasteiger partial charge in [-0.05, 0) is 47.2 Å². The molecule has 0 saturated heterocycles. The maximum atomic E-state index is 11.6. The molecule has 0 aliphatic heterocycles. The van der Waals surface area contributed by atoms with Crippen LogP contribution in [0.3, 0.4) is 0 Å². The molecule has 19 heavy (non-hydrogen) atoms. The van der Waals surface area contributed by atoms with Crippen molar-refractivity contribution >= 4 is 40.0 Å². The number of H-pyrrole nitrogens is 1. The van der Waals surface area contributed by atoms with Crippen molar-refractivity contribution in [3.8, 4) is 0 Å². The quantitative estimate of drug-likeness (QED) is 0.820. The van der Waals surface area contributed by atoms with Crippen LogP contribution in [-0.4, -0.2) is 17.0 Å². The Labute approximate surface area is 130 Å². The van der Waals surface area contributed by atoms with Gasteiger partial charge in [0, 0.05) is 12.1 Å². The van der Waals surface area contributed by atoms with Gasteiger partial charge in [0.15, 0.2) is 0 Å². The zero-order valence-corrected chi connectivity index (χ0v) is 13.4. The molecule has 0 radical (unpaired) electrons. The Morgan fingerprint density at radius 3 is 2.63 bits per heavy atom. The average Bonchev–Trinajstić information content (AvgIpc) is 2.41. The molecule has 1 aromatic heterocycles. The summed E-state index contributed by atoms with van der Waals surface area (Å²) in [7, 11) is 1.92. The Hall–Kier alpha value is -1.08. The van der Waals surface area contributed by atoms with Crippen molar-refractivity contribution in [1.82, 2.24) is 9.97 Å². The summed E-state index contributed by atoms with van der Waals surface area (Å²) in [5.41, 5.74) is 0.991. The van der Waals surface area contributed by atoms with Crippen LogP contribution in [0.5, 0.6) is 0 Å². The van der Waals surface area contributed by atoms with Crippen molar-refractivity contribution in [2.45, 2.75) is 13.0 Å². The van der Waals surface area contributed by atoms with Crippen LogP contribution in [0.2, 0.25) is 5.02 Å². The molecule has 1 N–H and O–H groups in total. The number of anilines is 1. The fourth-order valence-electron chi connectivity index (χ4n) is 1.77. The summed E-state index contributed by atoms with van der Waals surface area (Å²) < 4.78 is 0.586. The molecular formula is C13H13ClIN3O. The zero-order chi connectivity index (χ0) is 14.0. The van der Waals surface area contributed by atoms with Crippen molar-refractivity contribution in [3.05, 3.63) is 55.1 Å². The molecule has 100 valence electrons. The van der Waals surface area contributed by atoms with Crippen LogP contribution in [0, 0.1) is 3.57 Å². The fraction of sp³-hybridized carbons (Fsp3) is 0.231. The number of hydrogen-bond acceptors (Lipinski definition) is 3. The van der Waals surface area contributed by atoms with Crippen LogP contribution in [0.1, 0.15) is 18.5 Å². The lowest BCUT2D eigenvalue weighted by Gasteiger charge is -2.26. The lowest BCUT2D eigenvalue weighted by molar-refractivity contribution is 0.723. The van der Waals surface area contributed by atoms with Crippen molar-refractivity contribution < 1.29 is 0 Å². The topological polar surface area (TPSA) is 49.0 Å². The molecule has 1 aromatic carbocycles. The third-order valence-electron chi connectivity index (χ3n) is 3.05. The standard InChI is InChI=1S/C13H13ClIN3O/c1-8(9-3-5-10(14)6-4-9)18(2)12-11(15)13(19)17-7-16-12/h3-8H,1-2H3,(H,16,17,19). The summed E-state index contributed by atoms with van der Waals surface area (Å²) >= 11 is 7.90. The average molecular weight is 390 g/mol. The summed E-state index contributed by atoms with van der Waals surface area (Å²) in [4.78, 5) is 20.4. The maximum absolute atomic E-state index is 11.6. The Morgan fingerprint density at radius 1 is 1.37 bits per heavy atom. The molecule has 0 saturated carbocycles. The van der Waals surface area contributed by atoms with E-state index in [0.29, 0.717) is 14.4 Å². The first kappa shape index (κ1) is 14.3. The fourth-order valence-corrected chi connectivity index (χ4v) is 2.57. The van der Waals surface area contributed by atoms with Gasteiger partial charge in [0.05, 0.1) is 12.4 Å². The van der Waals surface area contributed by atoms with Gasteiger partial charge in [0.25, 0.3) is 5.56 Å². The molecule has 1 atom stereocenters. The molecule has 0 spiro atoms. The highest BCUT2D eigenvalue weighted by atomic mass is 127. The van der Waals surface area contributed by atoms with Crippen LogP contribution < -0.4 is 10.5 Å². The minimum absolute atomic E-state index is 0.0973. The lowest BCUT2D eigenvalue weighted by atomic mass is 10.1. The van der Waals surface area contributed by atoms with Gasteiger partial charge in [-0.25, -0.2) is 4.98 Å². The molecule has 0 aliphatic carbocycles. The number of nitrogens with zero attached hydrogens (tertiary/aromatic N) is 2. The SMILES string of the molecule is CC(c1ccc(Cl)cc1)N(C)c1nc[nH]c(=O)c1I. The number of hydrogen-bond donors (Lipinski definition) is 1. The van der Waals surface area contributed by atoms with E-state index >= 15 is 0 Å². The minimum Gasteiger partial charge on any atom is -0.352 e. The van der Waals surface area contributed by atoms with Crippen LogP contribution >= 0.6 is 34.2 Å². The molecular weight excluding hydrogens is 377 g/mol. The lowest BCUT2D eigenvalue weighted by Crippen LogP contribution is -2.26. The molecule has 0 aliphatic rings. The largest absolute Gasteiger partial charge is 0.352 e. The number of aromatic nitrogens is 2. The summed E-state index contributed by atoms with van der Waals surface area (Å²) in [6.45, 7) is 2.06. The molecule has 0 bridgehead atoms. The van der Waals surface area contributed by atoms with E-state index in [1.54, 1.807) is 0 Å². The predicted octanol–water partition coefficient (Wildman–Crippen LogP) is 3.23. The van der Waals surface area contributed by atoms with Gasteiger partial charge in [0.1, 0.15) is 9.39 Å². The normalized spacial score (nSPS) is 12.2. The summed E-state index contributed by atoms with van der Waals surface area (Å²) in [6, 6.07) is 7.77. The van der Waals surface area contributed by atoms with Crippen molar-refractivity contribution in [3.63, 3.8) is 0 Å². The second-order valence-electron chi connectivity index (χ2n) is 4.21. The van der Waals surface area contributed by atoms with Crippen LogP contribution in [-0.2, 0) is 0 Å². The molecule has 2 rings (SSSR count). The maximum Gasteiger partial charge on any atom is 0.266 e. The van der Waals surface area contributed by atoms with Gasteiger partial charge < -0.3 is 9.88 Å². The molecule has 2 aromatic rings. The summed E-state index contributed by atoms with van der Waals surface area (Å²) in [5.74, 6) is 0.673. The Balaban J connectivity index is 2.33. The number of benzene rings is 1. The number of halogens is 2. The van der Waals surface area contributed by atoms with E-state index in [4.69, 9.17) is 11.6 Å². The number of aromatic amines is 1. The van der Waals surface area contributed by atoms with Crippen molar-refractivity contribution in [2.24, 2.45) is 0 Å². The van der Waals surface area contributed by atoms with Gasteiger partial charge in [-0.3, -0.25) is 4.79 Å². The van der Waals surface area contributed by atoms with Crippen molar-refractivity contribution in [1.29, 1.82) is 0 Å². The number of nitrogens with one attached hydrogen (secondary N) is 1. The van der Waals surface area contributed by atoms with Gasteiger partial charge >= 0.3 is 0 Å². The van der Waals surface area contributed by atoms with Gasteiger partial charge in [0.2, 0.25) is 0 Å². The third-order valence-corrected chi connectivity index (χ3v) is 4.27. The second kappa shape index (κ2) is 5.92. The first-order valence-corrected chi connectivity index (χ1v) is 7.18. The van der Waals surface area contributed by atoms with Gasteiger partial charge in [-0.2, -0.15) is 0 Å². The van der Waals surface area contributed by atoms with Gasteiger partial charge in [-0.1, -0.05) is 23.7 Å². The van der Waals surface area contributed by atoms with E-state index in [-0.39, 0.29) is 11.6 Å². The van der Waals surface area contributed by atoms with Crippen LogP contribution in [0.15, 0.2) is 35.4 Å². The van der Waals surface area contributed by atoms with E-state index in [0.717, 1.165) is 5.56 Å². The Bertz CT molecular complexity index is 627. The summed E-state index contributed by atoms with van der Waals surface area (Å²) in [6.07, 6.45) is 1.42. The van der Waals surface area contributed by atoms with E-state index in [9.17, 15) is 4.79 Å². The van der Waals surface area contributed by atoms with E-state index < -0.39 is 0 Å². The highest BCUT2D eigenvalue weighted by Gasteiger charge is 2.17. The van der Waals surface area contributed by atoms with Crippen LogP contribution in [0.25, 0.3) is 0 Å². The highest BCUT2D eigenvalue weighted by Crippen LogP contribution is 2.26. The zero-order valence-electron chi connectivity index (χ0n) is 10.5. The third kappa shape index (κ3) is 3.09. The smallest absolute Gasteiger partial charge is 0.266 e. The monoisotopic (exact) mass is 389 g/mol. The highest BCUT2D eigenvalue weighted by molar-refractivity contribution is 14.1. The molecule has 0 fully saturated rings. The Morgan fingerprint density at radius 2 is 2.00 bits per heavy atom. The first-order chi connectivity index (χ1) is 9.00. The molecule has 6 heteroatoms. The van der Waals surface area contributed by atoms with E-state index in [1.165, 1.54) is 6.33 Å². The molecule has 1 unspecified atom stereocenters. The molecule has 0 amide bonds. The molecule has 1 heterocycles. The minimum atomic E-state index is -0.124. The van der Waals surface area contributed by atoms with Crippen molar-refractivity contribution in [2.75, 3.05) is 11.9 Å². The second-order valence-corrected chi connectivity index (χ2v) is 5.72. The predicted molar refractivity (Wildman–Crippen MR) is 85.8 cm³/mol. The van der Waals surface area contributed by atoms with E-state index in [2.05, 4.69) is 16.9 Å².